The van der Waals surface area contributed by atoms with Crippen LogP contribution in [0.15, 0.2) is 0 Å². The van der Waals surface area contributed by atoms with Crippen LogP contribution in [0, 0.1) is 13.8 Å². The molecule has 0 saturated heterocycles. The van der Waals surface area contributed by atoms with Crippen molar-refractivity contribution in [3.05, 3.63) is 13.8 Å². The van der Waals surface area contributed by atoms with Crippen molar-refractivity contribution in [1.29, 1.82) is 0 Å². The van der Waals surface area contributed by atoms with Crippen molar-refractivity contribution >= 4 is 0 Å². The van der Waals surface area contributed by atoms with Gasteiger partial charge in [-0.1, -0.05) is 78.1 Å². The van der Waals surface area contributed by atoms with Crippen molar-refractivity contribution < 1.29 is 21.1 Å². The predicted molar refractivity (Wildman–Crippen MR) is 77.5 cm³/mol. The van der Waals surface area contributed by atoms with Crippen molar-refractivity contribution in [2.24, 2.45) is 0 Å². The summed E-state index contributed by atoms with van der Waals surface area (Å²) in [4.78, 5) is 0. The minimum atomic E-state index is 0. The van der Waals surface area contributed by atoms with Crippen LogP contribution in [0.2, 0.25) is 0 Å². The third-order valence-corrected chi connectivity index (χ3v) is 2.71. The van der Waals surface area contributed by atoms with E-state index in [1.54, 1.807) is 0 Å². The molecule has 0 aromatic heterocycles. The maximum atomic E-state index is 3.78. The van der Waals surface area contributed by atoms with E-state index in [1.165, 1.54) is 64.2 Å². The third-order valence-electron chi connectivity index (χ3n) is 2.71. The van der Waals surface area contributed by atoms with E-state index in [0.29, 0.717) is 0 Å². The van der Waals surface area contributed by atoms with Crippen LogP contribution >= 0.6 is 0 Å². The van der Waals surface area contributed by atoms with Gasteiger partial charge in [-0.15, -0.1) is 0 Å². The molecule has 0 aliphatic rings. The first-order chi connectivity index (χ1) is 7.83. The fourth-order valence-corrected chi connectivity index (χ4v) is 1.56. The zero-order valence-corrected chi connectivity index (χ0v) is 14.5. The molecular weight excluding hydrogens is 387 g/mol. The molecule has 0 saturated carbocycles. The van der Waals surface area contributed by atoms with Crippen LogP contribution in [0.25, 0.3) is 0 Å². The van der Waals surface area contributed by atoms with Crippen molar-refractivity contribution in [2.75, 3.05) is 0 Å². The summed E-state index contributed by atoms with van der Waals surface area (Å²) in [6.45, 7) is 12.0. The summed E-state index contributed by atoms with van der Waals surface area (Å²) < 4.78 is 0. The van der Waals surface area contributed by atoms with Gasteiger partial charge >= 0.3 is 21.1 Å². The monoisotopic (exact) mass is 421 g/mol. The van der Waals surface area contributed by atoms with Crippen molar-refractivity contribution in [3.63, 3.8) is 0 Å². The largest absolute Gasteiger partial charge is 2.00 e. The molecule has 0 aliphatic carbocycles. The molecule has 0 rings (SSSR count). The summed E-state index contributed by atoms with van der Waals surface area (Å²) in [5.74, 6) is 0. The van der Waals surface area contributed by atoms with E-state index in [4.69, 9.17) is 0 Å². The molecule has 0 fully saturated rings. The zero-order chi connectivity index (χ0) is 12.5. The van der Waals surface area contributed by atoms with Crippen LogP contribution in [-0.4, -0.2) is 0 Å². The van der Waals surface area contributed by atoms with Gasteiger partial charge < -0.3 is 13.8 Å². The Hall–Kier alpha value is 0.688. The molecule has 0 aromatic carbocycles. The van der Waals surface area contributed by atoms with Gasteiger partial charge in [-0.05, 0) is 0 Å². The second kappa shape index (κ2) is 25.5. The molecule has 0 bridgehead atoms. The van der Waals surface area contributed by atoms with Gasteiger partial charge in [0.2, 0.25) is 0 Å². The van der Waals surface area contributed by atoms with Crippen molar-refractivity contribution in [2.45, 2.75) is 90.9 Å². The fourth-order valence-electron chi connectivity index (χ4n) is 1.56. The van der Waals surface area contributed by atoms with E-state index in [9.17, 15) is 0 Å². The molecule has 108 valence electrons. The molecule has 0 heterocycles. The summed E-state index contributed by atoms with van der Waals surface area (Å²) in [5.41, 5.74) is 0. The Morgan fingerprint density at radius 2 is 0.824 bits per heavy atom. The first kappa shape index (κ1) is 22.8. The number of hydrogen-bond acceptors (Lipinski definition) is 0. The Kier molecular flexibility index (Phi) is 34.3. The van der Waals surface area contributed by atoms with Crippen LogP contribution in [0.5, 0.6) is 0 Å². The molecule has 0 aromatic rings. The standard InChI is InChI=1S/2C8H17.Pt/c2*1-3-5-7-8-6-4-2;/h2*1,3-8H2,2H3;/q2*-1;+2. The zero-order valence-electron chi connectivity index (χ0n) is 12.2. The molecule has 0 amide bonds. The van der Waals surface area contributed by atoms with E-state index >= 15 is 0 Å². The first-order valence-corrected chi connectivity index (χ1v) is 7.41. The number of rotatable bonds is 10. The SMILES string of the molecule is [CH2-]CCCCCCC.[CH2-]CCCCCCC.[Pt+2]. The molecule has 0 N–H and O–H groups in total. The molecule has 0 atom stereocenters. The Bertz CT molecular complexity index is 67.5. The smallest absolute Gasteiger partial charge is 0.343 e. The number of hydrogen-bond donors (Lipinski definition) is 0. The minimum Gasteiger partial charge on any atom is -0.343 e. The van der Waals surface area contributed by atoms with Gasteiger partial charge in [0, 0.05) is 0 Å². The maximum absolute atomic E-state index is 3.78. The van der Waals surface area contributed by atoms with Crippen molar-refractivity contribution in [3.8, 4) is 0 Å². The molecule has 0 radical (unpaired) electrons. The van der Waals surface area contributed by atoms with Crippen LogP contribution in [0.1, 0.15) is 90.9 Å². The van der Waals surface area contributed by atoms with E-state index < -0.39 is 0 Å². The summed E-state index contributed by atoms with van der Waals surface area (Å²) in [7, 11) is 0. The van der Waals surface area contributed by atoms with Gasteiger partial charge in [0.25, 0.3) is 0 Å². The fraction of sp³-hybridized carbons (Fsp3) is 0.875. The van der Waals surface area contributed by atoms with E-state index in [-0.39, 0.29) is 21.1 Å². The second-order valence-electron chi connectivity index (χ2n) is 4.54. The molecular formula is C16H34Pt. The molecule has 1 heteroatoms. The average Bonchev–Trinajstić information content (AvgIpc) is 2.31. The van der Waals surface area contributed by atoms with Crippen LogP contribution in [0.3, 0.4) is 0 Å². The third kappa shape index (κ3) is 31.5. The van der Waals surface area contributed by atoms with Gasteiger partial charge in [0.1, 0.15) is 0 Å². The minimum absolute atomic E-state index is 0. The van der Waals surface area contributed by atoms with Crippen molar-refractivity contribution in [1.82, 2.24) is 0 Å². The molecule has 0 unspecified atom stereocenters. The summed E-state index contributed by atoms with van der Waals surface area (Å²) in [5, 5.41) is 0. The topological polar surface area (TPSA) is 0 Å². The Morgan fingerprint density at radius 1 is 0.529 bits per heavy atom. The summed E-state index contributed by atoms with van der Waals surface area (Å²) >= 11 is 0. The van der Waals surface area contributed by atoms with E-state index in [2.05, 4.69) is 27.7 Å². The van der Waals surface area contributed by atoms with Gasteiger partial charge in [-0.3, -0.25) is 0 Å². The van der Waals surface area contributed by atoms with Gasteiger partial charge in [-0.25, -0.2) is 0 Å². The maximum Gasteiger partial charge on any atom is 2.00 e. The Morgan fingerprint density at radius 3 is 1.06 bits per heavy atom. The molecule has 0 spiro atoms. The first-order valence-electron chi connectivity index (χ1n) is 7.41. The molecule has 17 heavy (non-hydrogen) atoms. The Balaban J connectivity index is -0.000000218. The van der Waals surface area contributed by atoms with Gasteiger partial charge in [0.05, 0.1) is 0 Å². The Labute approximate surface area is 126 Å². The van der Waals surface area contributed by atoms with Crippen LogP contribution < -0.4 is 0 Å². The summed E-state index contributed by atoms with van der Waals surface area (Å²) in [6.07, 6.45) is 16.0. The van der Waals surface area contributed by atoms with E-state index in [1.807, 2.05) is 0 Å². The molecule has 0 aliphatic heterocycles. The summed E-state index contributed by atoms with van der Waals surface area (Å²) in [6, 6.07) is 0. The second-order valence-corrected chi connectivity index (χ2v) is 4.54. The normalized spacial score (nSPS) is 9.18. The number of unbranched alkanes of at least 4 members (excludes halogenated alkanes) is 10. The predicted octanol–water partition coefficient (Wildman–Crippen LogP) is 6.36. The average molecular weight is 422 g/mol. The quantitative estimate of drug-likeness (QED) is 0.284. The van der Waals surface area contributed by atoms with E-state index in [0.717, 1.165) is 12.8 Å². The van der Waals surface area contributed by atoms with Gasteiger partial charge in [0.15, 0.2) is 0 Å². The van der Waals surface area contributed by atoms with Gasteiger partial charge in [-0.2, -0.15) is 12.8 Å². The van der Waals surface area contributed by atoms with Crippen LogP contribution in [-0.2, 0) is 21.1 Å². The van der Waals surface area contributed by atoms with Crippen LogP contribution in [0.4, 0.5) is 0 Å². The molecule has 0 nitrogen and oxygen atoms in total.